The van der Waals surface area contributed by atoms with Crippen molar-refractivity contribution in [3.05, 3.63) is 0 Å². The van der Waals surface area contributed by atoms with Crippen molar-refractivity contribution in [2.75, 3.05) is 13.1 Å². The Morgan fingerprint density at radius 1 is 1.38 bits per heavy atom. The van der Waals surface area contributed by atoms with Crippen LogP contribution in [0.1, 0.15) is 40.5 Å². The molecule has 3 atom stereocenters. The minimum absolute atomic E-state index is 0.164. The Kier molecular flexibility index (Phi) is 5.26. The van der Waals surface area contributed by atoms with Gasteiger partial charge in [0.05, 0.1) is 5.92 Å². The fourth-order valence-corrected chi connectivity index (χ4v) is 2.61. The van der Waals surface area contributed by atoms with Crippen molar-refractivity contribution < 1.29 is 4.79 Å². The van der Waals surface area contributed by atoms with E-state index in [1.165, 1.54) is 0 Å². The average molecular weight is 226 g/mol. The topological polar surface area (TPSA) is 41.1 Å². The normalized spacial score (nSPS) is 27.1. The second-order valence-electron chi connectivity index (χ2n) is 5.12. The van der Waals surface area contributed by atoms with Gasteiger partial charge in [-0.25, -0.2) is 0 Å². The highest BCUT2D eigenvalue weighted by atomic mass is 16.2. The molecule has 1 saturated heterocycles. The summed E-state index contributed by atoms with van der Waals surface area (Å²) in [7, 11) is 0. The Bertz CT molecular complexity index is 226. The van der Waals surface area contributed by atoms with Crippen LogP contribution in [0.15, 0.2) is 0 Å². The number of carbonyl (C=O) groups is 1. The van der Waals surface area contributed by atoms with Crippen LogP contribution in [0.4, 0.5) is 0 Å². The number of carbonyl (C=O) groups excluding carboxylic acids is 1. The lowest BCUT2D eigenvalue weighted by Crippen LogP contribution is -2.42. The summed E-state index contributed by atoms with van der Waals surface area (Å²) in [5, 5.41) is 6.45. The first-order valence-electron chi connectivity index (χ1n) is 6.61. The summed E-state index contributed by atoms with van der Waals surface area (Å²) >= 11 is 0. The monoisotopic (exact) mass is 226 g/mol. The molecule has 1 rings (SSSR count). The highest BCUT2D eigenvalue weighted by Gasteiger charge is 2.30. The summed E-state index contributed by atoms with van der Waals surface area (Å²) in [6.07, 6.45) is 2.27. The molecule has 1 unspecified atom stereocenters. The van der Waals surface area contributed by atoms with E-state index in [9.17, 15) is 4.79 Å². The second kappa shape index (κ2) is 6.24. The molecule has 0 spiro atoms. The maximum atomic E-state index is 12.1. The van der Waals surface area contributed by atoms with Crippen LogP contribution in [0.2, 0.25) is 0 Å². The van der Waals surface area contributed by atoms with Gasteiger partial charge in [-0.2, -0.15) is 0 Å². The molecule has 3 heteroatoms. The summed E-state index contributed by atoms with van der Waals surface area (Å²) in [6.45, 7) is 10.5. The first kappa shape index (κ1) is 13.5. The lowest BCUT2D eigenvalue weighted by molar-refractivity contribution is -0.126. The van der Waals surface area contributed by atoms with Crippen LogP contribution >= 0.6 is 0 Å². The van der Waals surface area contributed by atoms with Crippen molar-refractivity contribution in [3.8, 4) is 0 Å². The fourth-order valence-electron chi connectivity index (χ4n) is 2.61. The molecule has 94 valence electrons. The van der Waals surface area contributed by atoms with Crippen LogP contribution in [0, 0.1) is 17.8 Å². The van der Waals surface area contributed by atoms with E-state index in [2.05, 4.69) is 38.3 Å². The molecule has 1 heterocycles. The Balaban J connectivity index is 2.44. The molecule has 2 N–H and O–H groups in total. The average Bonchev–Trinajstić information content (AvgIpc) is 2.66. The minimum Gasteiger partial charge on any atom is -0.353 e. The zero-order chi connectivity index (χ0) is 12.1. The van der Waals surface area contributed by atoms with E-state index in [-0.39, 0.29) is 11.8 Å². The summed E-state index contributed by atoms with van der Waals surface area (Å²) < 4.78 is 0. The number of rotatable bonds is 5. The number of hydrogen-bond acceptors (Lipinski definition) is 2. The van der Waals surface area contributed by atoms with Crippen molar-refractivity contribution in [3.63, 3.8) is 0 Å². The zero-order valence-corrected chi connectivity index (χ0v) is 11.0. The van der Waals surface area contributed by atoms with Gasteiger partial charge < -0.3 is 10.6 Å². The van der Waals surface area contributed by atoms with Gasteiger partial charge in [-0.3, -0.25) is 4.79 Å². The number of amides is 1. The molecule has 0 radical (unpaired) electrons. The molecule has 0 bridgehead atoms. The van der Waals surface area contributed by atoms with E-state index < -0.39 is 0 Å². The molecule has 16 heavy (non-hydrogen) atoms. The minimum atomic E-state index is 0.164. The third-order valence-electron chi connectivity index (χ3n) is 3.98. The van der Waals surface area contributed by atoms with Crippen molar-refractivity contribution in [1.29, 1.82) is 0 Å². The first-order chi connectivity index (χ1) is 7.60. The van der Waals surface area contributed by atoms with Gasteiger partial charge in [0.25, 0.3) is 0 Å². The molecule has 0 aromatic heterocycles. The SMILES string of the molecule is CCC(CC)C(C)NC(=O)[C@@H]1CNC[C@H]1C. The van der Waals surface area contributed by atoms with Gasteiger partial charge in [0.1, 0.15) is 0 Å². The second-order valence-corrected chi connectivity index (χ2v) is 5.12. The van der Waals surface area contributed by atoms with Gasteiger partial charge in [0, 0.05) is 12.6 Å². The van der Waals surface area contributed by atoms with E-state index >= 15 is 0 Å². The first-order valence-corrected chi connectivity index (χ1v) is 6.61. The molecule has 0 aliphatic carbocycles. The highest BCUT2D eigenvalue weighted by molar-refractivity contribution is 5.79. The number of nitrogens with one attached hydrogen (secondary N) is 2. The number of hydrogen-bond donors (Lipinski definition) is 2. The summed E-state index contributed by atoms with van der Waals surface area (Å²) in [5.41, 5.74) is 0. The molecule has 1 fully saturated rings. The van der Waals surface area contributed by atoms with Crippen molar-refractivity contribution in [1.82, 2.24) is 10.6 Å². The fraction of sp³-hybridized carbons (Fsp3) is 0.923. The molecule has 0 aromatic rings. The van der Waals surface area contributed by atoms with Crippen LogP contribution in [0.5, 0.6) is 0 Å². The van der Waals surface area contributed by atoms with E-state index in [0.717, 1.165) is 25.9 Å². The van der Waals surface area contributed by atoms with Crippen LogP contribution in [-0.2, 0) is 4.79 Å². The summed E-state index contributed by atoms with van der Waals surface area (Å²) in [5.74, 6) is 1.47. The molecular formula is C13H26N2O. The van der Waals surface area contributed by atoms with Gasteiger partial charge in [0.15, 0.2) is 0 Å². The van der Waals surface area contributed by atoms with Crippen LogP contribution in [-0.4, -0.2) is 25.0 Å². The molecule has 0 aromatic carbocycles. The van der Waals surface area contributed by atoms with E-state index in [1.54, 1.807) is 0 Å². The zero-order valence-electron chi connectivity index (χ0n) is 11.0. The van der Waals surface area contributed by atoms with Crippen LogP contribution in [0.3, 0.4) is 0 Å². The smallest absolute Gasteiger partial charge is 0.224 e. The molecule has 0 saturated carbocycles. The van der Waals surface area contributed by atoms with E-state index in [0.29, 0.717) is 17.9 Å². The molecular weight excluding hydrogens is 200 g/mol. The Hall–Kier alpha value is -0.570. The largest absolute Gasteiger partial charge is 0.353 e. The van der Waals surface area contributed by atoms with E-state index in [4.69, 9.17) is 0 Å². The lowest BCUT2D eigenvalue weighted by atomic mass is 9.93. The standard InChI is InChI=1S/C13H26N2O/c1-5-11(6-2)10(4)15-13(16)12-8-14-7-9(12)3/h9-12,14H,5-8H2,1-4H3,(H,15,16)/t9-,10?,12-/m1/s1. The predicted molar refractivity (Wildman–Crippen MR) is 67.2 cm³/mol. The van der Waals surface area contributed by atoms with Crippen LogP contribution < -0.4 is 10.6 Å². The van der Waals surface area contributed by atoms with Gasteiger partial charge >= 0.3 is 0 Å². The highest BCUT2D eigenvalue weighted by Crippen LogP contribution is 2.18. The lowest BCUT2D eigenvalue weighted by Gasteiger charge is -2.25. The van der Waals surface area contributed by atoms with Crippen molar-refractivity contribution in [2.45, 2.75) is 46.6 Å². The Labute approximate surface area is 99.4 Å². The molecule has 3 nitrogen and oxygen atoms in total. The maximum absolute atomic E-state index is 12.1. The quantitative estimate of drug-likeness (QED) is 0.750. The van der Waals surface area contributed by atoms with Gasteiger partial charge in [-0.1, -0.05) is 33.6 Å². The molecule has 1 aliphatic rings. The van der Waals surface area contributed by atoms with Crippen molar-refractivity contribution >= 4 is 5.91 Å². The Morgan fingerprint density at radius 2 is 2.00 bits per heavy atom. The van der Waals surface area contributed by atoms with Gasteiger partial charge in [-0.05, 0) is 25.3 Å². The summed E-state index contributed by atoms with van der Waals surface area (Å²) in [4.78, 5) is 12.1. The van der Waals surface area contributed by atoms with Crippen LogP contribution in [0.25, 0.3) is 0 Å². The molecule has 1 aliphatic heterocycles. The van der Waals surface area contributed by atoms with E-state index in [1.807, 2.05) is 0 Å². The maximum Gasteiger partial charge on any atom is 0.224 e. The predicted octanol–water partition coefficient (Wildman–Crippen LogP) is 1.78. The van der Waals surface area contributed by atoms with Crippen molar-refractivity contribution in [2.24, 2.45) is 17.8 Å². The third-order valence-corrected chi connectivity index (χ3v) is 3.98. The molecule has 1 amide bonds. The summed E-state index contributed by atoms with van der Waals surface area (Å²) in [6, 6.07) is 0.301. The van der Waals surface area contributed by atoms with Gasteiger partial charge in [0.2, 0.25) is 5.91 Å². The Morgan fingerprint density at radius 3 is 2.44 bits per heavy atom. The van der Waals surface area contributed by atoms with Gasteiger partial charge in [-0.15, -0.1) is 0 Å². The third kappa shape index (κ3) is 3.21.